The summed E-state index contributed by atoms with van der Waals surface area (Å²) < 4.78 is 15.1. The Balaban J connectivity index is 0.00000291. The van der Waals surface area contributed by atoms with Gasteiger partial charge in [0.1, 0.15) is 5.82 Å². The Kier molecular flexibility index (Phi) is 17.6. The first-order valence-electron chi connectivity index (χ1n) is 13.9. The van der Waals surface area contributed by atoms with Crippen LogP contribution in [0.1, 0.15) is 88.0 Å². The van der Waals surface area contributed by atoms with Crippen molar-refractivity contribution in [2.45, 2.75) is 100 Å². The lowest BCUT2D eigenvalue weighted by Crippen LogP contribution is -2.46. The molecule has 1 aromatic rings. The quantitative estimate of drug-likeness (QED) is 0.197. The number of aliphatic imine (C=N–C) groups is 1. The number of nitrogens with zero attached hydrogens (tertiary/aromatic N) is 3. The van der Waals surface area contributed by atoms with Crippen LogP contribution in [-0.2, 0) is 0 Å². The second kappa shape index (κ2) is 18.9. The van der Waals surface area contributed by atoms with Crippen molar-refractivity contribution in [1.82, 2.24) is 10.7 Å². The molecule has 1 aromatic carbocycles. The van der Waals surface area contributed by atoms with Gasteiger partial charge in [-0.1, -0.05) is 53.7 Å². The van der Waals surface area contributed by atoms with Gasteiger partial charge in [0.25, 0.3) is 0 Å². The summed E-state index contributed by atoms with van der Waals surface area (Å²) in [6.07, 6.45) is 8.44. The van der Waals surface area contributed by atoms with Crippen LogP contribution in [-0.4, -0.2) is 45.0 Å². The number of hydrazine groups is 1. The predicted octanol–water partition coefficient (Wildman–Crippen LogP) is 7.51. The minimum Gasteiger partial charge on any atom is -0.369 e. The molecule has 0 aliphatic carbocycles. The predicted molar refractivity (Wildman–Crippen MR) is 160 cm³/mol. The molecular weight excluding hydrogens is 449 g/mol. The third kappa shape index (κ3) is 10.3. The van der Waals surface area contributed by atoms with Crippen molar-refractivity contribution in [2.24, 2.45) is 4.99 Å². The number of hydrogen-bond acceptors (Lipinski definition) is 5. The van der Waals surface area contributed by atoms with Gasteiger partial charge in [0.15, 0.2) is 0 Å². The van der Waals surface area contributed by atoms with Crippen molar-refractivity contribution >= 4 is 17.1 Å². The van der Waals surface area contributed by atoms with E-state index in [0.29, 0.717) is 17.8 Å². The zero-order valence-electron chi connectivity index (χ0n) is 25.0. The molecule has 5 nitrogen and oxygen atoms in total. The van der Waals surface area contributed by atoms with E-state index < -0.39 is 0 Å². The Morgan fingerprint density at radius 2 is 1.72 bits per heavy atom. The second-order valence-electron chi connectivity index (χ2n) is 8.60. The molecule has 1 saturated heterocycles. The van der Waals surface area contributed by atoms with Gasteiger partial charge in [0, 0.05) is 62.3 Å². The lowest BCUT2D eigenvalue weighted by molar-refractivity contribution is 0.353. The molecule has 0 radical (unpaired) electrons. The summed E-state index contributed by atoms with van der Waals surface area (Å²) in [6.45, 7) is 20.2. The minimum absolute atomic E-state index is 0.177. The van der Waals surface area contributed by atoms with Crippen LogP contribution in [0.15, 0.2) is 46.6 Å². The third-order valence-electron chi connectivity index (χ3n) is 6.41. The van der Waals surface area contributed by atoms with Crippen LogP contribution < -0.4 is 20.7 Å². The smallest absolute Gasteiger partial charge is 0.148 e. The monoisotopic (exact) mass is 503 g/mol. The summed E-state index contributed by atoms with van der Waals surface area (Å²) in [5, 5.41) is 5.61. The number of benzene rings is 1. The number of hydrogen-bond donors (Lipinski definition) is 2. The molecule has 0 unspecified atom stereocenters. The number of anilines is 2. The molecule has 36 heavy (non-hydrogen) atoms. The summed E-state index contributed by atoms with van der Waals surface area (Å²) in [6, 6.07) is 6.61. The van der Waals surface area contributed by atoms with Crippen molar-refractivity contribution in [3.8, 4) is 0 Å². The fraction of sp³-hybridized carbons (Fsp3) is 0.633. The standard InChI is InChI=1S/C26H42FN5.2C2H6/c1-8-11-24(19(4)28-6)20(5)30-31(7)23-12-13-26(25(27)18-23)32-16-14-22(15-17-32)29-21(9-2)10-3;2*1-2/h8,11-13,18,21-22,29-30H,9-10,14-17H2,1-7H3;2*1-2H3/b11-8-,24-20+,28-19?;;. The minimum atomic E-state index is -0.177. The highest BCUT2D eigenvalue weighted by Gasteiger charge is 2.23. The maximum atomic E-state index is 15.1. The van der Waals surface area contributed by atoms with Crippen molar-refractivity contribution in [3.63, 3.8) is 0 Å². The normalized spacial score (nSPS) is 15.1. The Morgan fingerprint density at radius 3 is 2.19 bits per heavy atom. The van der Waals surface area contributed by atoms with Crippen LogP contribution in [0.5, 0.6) is 0 Å². The zero-order chi connectivity index (χ0) is 27.7. The average Bonchev–Trinajstić information content (AvgIpc) is 2.92. The van der Waals surface area contributed by atoms with Gasteiger partial charge in [0.2, 0.25) is 0 Å². The van der Waals surface area contributed by atoms with Gasteiger partial charge in [-0.2, -0.15) is 0 Å². The highest BCUT2D eigenvalue weighted by atomic mass is 19.1. The lowest BCUT2D eigenvalue weighted by Gasteiger charge is -2.36. The van der Waals surface area contributed by atoms with E-state index in [1.165, 1.54) is 0 Å². The van der Waals surface area contributed by atoms with E-state index in [0.717, 1.165) is 61.4 Å². The number of piperidine rings is 1. The van der Waals surface area contributed by atoms with Crippen molar-refractivity contribution < 1.29 is 4.39 Å². The van der Waals surface area contributed by atoms with Crippen molar-refractivity contribution in [2.75, 3.05) is 37.1 Å². The van der Waals surface area contributed by atoms with Gasteiger partial charge in [-0.3, -0.25) is 10.0 Å². The SMILES string of the molecule is C/C=C\C(C(C)=NC)=C(\C)NN(C)c1ccc(N2CCC(NC(CC)CC)CC2)c(F)c1.CC.CC. The van der Waals surface area contributed by atoms with Gasteiger partial charge < -0.3 is 15.6 Å². The molecule has 0 spiro atoms. The van der Waals surface area contributed by atoms with Gasteiger partial charge >= 0.3 is 0 Å². The fourth-order valence-corrected chi connectivity index (χ4v) is 4.29. The van der Waals surface area contributed by atoms with E-state index in [9.17, 15) is 0 Å². The van der Waals surface area contributed by atoms with Crippen LogP contribution in [0.4, 0.5) is 15.8 Å². The first-order valence-corrected chi connectivity index (χ1v) is 13.9. The molecule has 2 N–H and O–H groups in total. The summed E-state index contributed by atoms with van der Waals surface area (Å²) in [7, 11) is 3.69. The van der Waals surface area contributed by atoms with Crippen LogP contribution >= 0.6 is 0 Å². The molecular formula is C30H54FN5. The Hall–Kier alpha value is -2.34. The van der Waals surface area contributed by atoms with E-state index >= 15 is 4.39 Å². The molecule has 2 rings (SSSR count). The summed E-state index contributed by atoms with van der Waals surface area (Å²) in [5.74, 6) is -0.177. The molecule has 206 valence electrons. The molecule has 0 bridgehead atoms. The second-order valence-corrected chi connectivity index (χ2v) is 8.60. The Morgan fingerprint density at radius 1 is 1.14 bits per heavy atom. The number of allylic oxidation sites excluding steroid dienone is 4. The van der Waals surface area contributed by atoms with Crippen LogP contribution in [0, 0.1) is 5.82 Å². The van der Waals surface area contributed by atoms with E-state index in [1.807, 2.05) is 84.8 Å². The first kappa shape index (κ1) is 33.7. The lowest BCUT2D eigenvalue weighted by atomic mass is 10.0. The van der Waals surface area contributed by atoms with Gasteiger partial charge in [-0.25, -0.2) is 4.39 Å². The molecule has 1 aliphatic heterocycles. The van der Waals surface area contributed by atoms with Crippen molar-refractivity contribution in [1.29, 1.82) is 0 Å². The van der Waals surface area contributed by atoms with E-state index in [4.69, 9.17) is 0 Å². The fourth-order valence-electron chi connectivity index (χ4n) is 4.29. The summed E-state index contributed by atoms with van der Waals surface area (Å²) in [4.78, 5) is 6.47. The highest BCUT2D eigenvalue weighted by Crippen LogP contribution is 2.27. The number of halogens is 1. The van der Waals surface area contributed by atoms with E-state index in [-0.39, 0.29) is 5.82 Å². The average molecular weight is 504 g/mol. The first-order chi connectivity index (χ1) is 17.3. The molecule has 6 heteroatoms. The zero-order valence-corrected chi connectivity index (χ0v) is 25.0. The van der Waals surface area contributed by atoms with Crippen LogP contribution in [0.3, 0.4) is 0 Å². The summed E-state index contributed by atoms with van der Waals surface area (Å²) >= 11 is 0. The van der Waals surface area contributed by atoms with Crippen LogP contribution in [0.25, 0.3) is 0 Å². The third-order valence-corrected chi connectivity index (χ3v) is 6.41. The van der Waals surface area contributed by atoms with Gasteiger partial charge in [-0.15, -0.1) is 0 Å². The van der Waals surface area contributed by atoms with Crippen LogP contribution in [0.2, 0.25) is 0 Å². The molecule has 1 fully saturated rings. The van der Waals surface area contributed by atoms with E-state index in [2.05, 4.69) is 34.5 Å². The van der Waals surface area contributed by atoms with Crippen molar-refractivity contribution in [3.05, 3.63) is 47.4 Å². The highest BCUT2D eigenvalue weighted by molar-refractivity contribution is 6.01. The largest absolute Gasteiger partial charge is 0.369 e. The Bertz CT molecular complexity index is 819. The number of nitrogens with one attached hydrogen (secondary N) is 2. The maximum absolute atomic E-state index is 15.1. The molecule has 0 amide bonds. The molecule has 1 aliphatic rings. The number of rotatable bonds is 10. The molecule has 0 aromatic heterocycles. The summed E-state index contributed by atoms with van der Waals surface area (Å²) in [5.41, 5.74) is 7.77. The Labute approximate surface area is 221 Å². The molecule has 0 atom stereocenters. The van der Waals surface area contributed by atoms with E-state index in [1.54, 1.807) is 13.1 Å². The molecule has 1 heterocycles. The topological polar surface area (TPSA) is 42.9 Å². The van der Waals surface area contributed by atoms with Gasteiger partial charge in [-0.05, 0) is 58.6 Å². The maximum Gasteiger partial charge on any atom is 0.148 e. The molecule has 0 saturated carbocycles. The van der Waals surface area contributed by atoms with Gasteiger partial charge in [0.05, 0.1) is 11.4 Å².